The quantitative estimate of drug-likeness (QED) is 0.0431. The van der Waals surface area contributed by atoms with Crippen molar-refractivity contribution in [3.05, 3.63) is 12.2 Å². The molecule has 4 nitrogen and oxygen atoms in total. The Kier molecular flexibility index (Phi) is 43.8. The average Bonchev–Trinajstić information content (AvgIpc) is 3.15. The van der Waals surface area contributed by atoms with Gasteiger partial charge in [0, 0.05) is 6.42 Å². The zero-order valence-electron chi connectivity index (χ0n) is 35.6. The van der Waals surface area contributed by atoms with Gasteiger partial charge < -0.3 is 15.5 Å². The van der Waals surface area contributed by atoms with Crippen molar-refractivity contribution in [3.63, 3.8) is 0 Å². The maximum Gasteiger partial charge on any atom is 0.220 e. The maximum absolute atomic E-state index is 12.3. The molecule has 4 heteroatoms. The number of rotatable bonds is 44. The zero-order chi connectivity index (χ0) is 37.8. The monoisotopic (exact) mass is 734 g/mol. The minimum atomic E-state index is -0.831. The van der Waals surface area contributed by atoms with E-state index in [1.165, 1.54) is 225 Å². The van der Waals surface area contributed by atoms with Crippen LogP contribution in [0.1, 0.15) is 271 Å². The summed E-state index contributed by atoms with van der Waals surface area (Å²) in [4.78, 5) is 12.3. The molecule has 0 aromatic heterocycles. The lowest BCUT2D eigenvalue weighted by Gasteiger charge is -2.20. The largest absolute Gasteiger partial charge is 0.394 e. The van der Waals surface area contributed by atoms with Gasteiger partial charge in [-0.1, -0.05) is 257 Å². The summed E-state index contributed by atoms with van der Waals surface area (Å²) in [5, 5.41) is 22.8. The van der Waals surface area contributed by atoms with Crippen LogP contribution in [0.3, 0.4) is 0 Å². The number of unbranched alkanes of at least 4 members (excludes halogenated alkanes) is 37. The van der Waals surface area contributed by atoms with Crippen molar-refractivity contribution >= 4 is 5.91 Å². The fourth-order valence-electron chi connectivity index (χ4n) is 7.59. The Morgan fingerprint density at radius 3 is 1.00 bits per heavy atom. The second-order valence-corrected chi connectivity index (χ2v) is 16.5. The van der Waals surface area contributed by atoms with Crippen LogP contribution in [-0.4, -0.2) is 34.9 Å². The molecule has 0 fully saturated rings. The van der Waals surface area contributed by atoms with E-state index in [-0.39, 0.29) is 12.5 Å². The van der Waals surface area contributed by atoms with Gasteiger partial charge in [0.05, 0.1) is 18.8 Å². The third-order valence-corrected chi connectivity index (χ3v) is 11.3. The van der Waals surface area contributed by atoms with E-state index >= 15 is 0 Å². The molecular formula is C48H95NO3. The molecule has 0 saturated carbocycles. The highest BCUT2D eigenvalue weighted by Crippen LogP contribution is 2.17. The van der Waals surface area contributed by atoms with Crippen LogP contribution in [0.25, 0.3) is 0 Å². The number of hydrogen-bond acceptors (Lipinski definition) is 3. The van der Waals surface area contributed by atoms with E-state index in [1.54, 1.807) is 6.08 Å². The van der Waals surface area contributed by atoms with Crippen molar-refractivity contribution in [2.24, 2.45) is 0 Å². The fourth-order valence-corrected chi connectivity index (χ4v) is 7.59. The van der Waals surface area contributed by atoms with Crippen LogP contribution in [-0.2, 0) is 4.79 Å². The Balaban J connectivity index is 3.34. The van der Waals surface area contributed by atoms with E-state index in [0.717, 1.165) is 25.7 Å². The van der Waals surface area contributed by atoms with Crippen molar-refractivity contribution in [2.75, 3.05) is 6.61 Å². The molecule has 310 valence electrons. The molecule has 0 aliphatic heterocycles. The Labute approximate surface area is 327 Å². The van der Waals surface area contributed by atoms with Gasteiger partial charge in [-0.15, -0.1) is 0 Å². The highest BCUT2D eigenvalue weighted by molar-refractivity contribution is 5.76. The van der Waals surface area contributed by atoms with E-state index in [4.69, 9.17) is 0 Å². The summed E-state index contributed by atoms with van der Waals surface area (Å²) in [5.41, 5.74) is 0. The van der Waals surface area contributed by atoms with Crippen molar-refractivity contribution in [2.45, 2.75) is 283 Å². The molecule has 0 aliphatic rings. The third-order valence-electron chi connectivity index (χ3n) is 11.3. The lowest BCUT2D eigenvalue weighted by atomic mass is 10.0. The molecule has 52 heavy (non-hydrogen) atoms. The molecule has 0 bridgehead atoms. The molecule has 0 heterocycles. The average molecular weight is 734 g/mol. The highest BCUT2D eigenvalue weighted by atomic mass is 16.3. The lowest BCUT2D eigenvalue weighted by Crippen LogP contribution is -2.45. The third kappa shape index (κ3) is 40.3. The van der Waals surface area contributed by atoms with Gasteiger partial charge in [-0.2, -0.15) is 0 Å². The second kappa shape index (κ2) is 44.5. The van der Waals surface area contributed by atoms with Gasteiger partial charge in [0.25, 0.3) is 0 Å². The van der Waals surface area contributed by atoms with Crippen LogP contribution in [0.15, 0.2) is 12.2 Å². The molecule has 3 N–H and O–H groups in total. The van der Waals surface area contributed by atoms with E-state index in [2.05, 4.69) is 19.2 Å². The van der Waals surface area contributed by atoms with Crippen molar-refractivity contribution in [1.82, 2.24) is 5.32 Å². The molecule has 1 amide bonds. The number of carbonyl (C=O) groups is 1. The van der Waals surface area contributed by atoms with Gasteiger partial charge in [-0.3, -0.25) is 4.79 Å². The topological polar surface area (TPSA) is 69.6 Å². The molecule has 2 atom stereocenters. The summed E-state index contributed by atoms with van der Waals surface area (Å²) < 4.78 is 0. The highest BCUT2D eigenvalue weighted by Gasteiger charge is 2.18. The van der Waals surface area contributed by atoms with Gasteiger partial charge in [0.15, 0.2) is 0 Å². The predicted molar refractivity (Wildman–Crippen MR) is 230 cm³/mol. The van der Waals surface area contributed by atoms with Crippen LogP contribution in [0.4, 0.5) is 0 Å². The van der Waals surface area contributed by atoms with E-state index in [9.17, 15) is 15.0 Å². The first-order valence-electron chi connectivity index (χ1n) is 23.9. The maximum atomic E-state index is 12.3. The van der Waals surface area contributed by atoms with Gasteiger partial charge >= 0.3 is 0 Å². The molecule has 0 radical (unpaired) electrons. The number of hydrogen-bond donors (Lipinski definition) is 3. The zero-order valence-corrected chi connectivity index (χ0v) is 35.6. The lowest BCUT2D eigenvalue weighted by molar-refractivity contribution is -0.123. The first kappa shape index (κ1) is 51.1. The van der Waals surface area contributed by atoms with Gasteiger partial charge in [0.2, 0.25) is 5.91 Å². The number of nitrogens with one attached hydrogen (secondary N) is 1. The van der Waals surface area contributed by atoms with Gasteiger partial charge in [-0.25, -0.2) is 0 Å². The van der Waals surface area contributed by atoms with Crippen molar-refractivity contribution in [3.8, 4) is 0 Å². The van der Waals surface area contributed by atoms with Crippen molar-refractivity contribution < 1.29 is 15.0 Å². The molecule has 0 spiro atoms. The number of carbonyl (C=O) groups excluding carboxylic acids is 1. The molecular weight excluding hydrogens is 639 g/mol. The van der Waals surface area contributed by atoms with E-state index in [0.29, 0.717) is 6.42 Å². The summed E-state index contributed by atoms with van der Waals surface area (Å²) in [6.45, 7) is 4.29. The van der Waals surface area contributed by atoms with E-state index in [1.807, 2.05) is 6.08 Å². The minimum absolute atomic E-state index is 0.0620. The number of aliphatic hydroxyl groups excluding tert-OH is 2. The predicted octanol–water partition coefficient (Wildman–Crippen LogP) is 15.0. The summed E-state index contributed by atoms with van der Waals surface area (Å²) in [6.07, 6.45) is 56.6. The summed E-state index contributed by atoms with van der Waals surface area (Å²) >= 11 is 0. The SMILES string of the molecule is CCCCCCCC/C=C/C(O)C(CO)NC(=O)CCCCCCCCCCCCCCCCCCCCCCCCCCCCCCCCCC. The molecule has 0 aliphatic carbocycles. The molecule has 0 aromatic carbocycles. The molecule has 2 unspecified atom stereocenters. The van der Waals surface area contributed by atoms with Crippen LogP contribution < -0.4 is 5.32 Å². The Morgan fingerprint density at radius 2 is 0.712 bits per heavy atom. The fraction of sp³-hybridized carbons (Fsp3) is 0.938. The summed E-state index contributed by atoms with van der Waals surface area (Å²) in [6, 6.07) is -0.614. The van der Waals surface area contributed by atoms with Crippen LogP contribution in [0.5, 0.6) is 0 Å². The van der Waals surface area contributed by atoms with Crippen LogP contribution >= 0.6 is 0 Å². The first-order chi connectivity index (χ1) is 25.7. The minimum Gasteiger partial charge on any atom is -0.394 e. The molecule has 0 rings (SSSR count). The molecule has 0 saturated heterocycles. The summed E-state index contributed by atoms with van der Waals surface area (Å²) in [7, 11) is 0. The first-order valence-corrected chi connectivity index (χ1v) is 23.9. The van der Waals surface area contributed by atoms with Gasteiger partial charge in [0.1, 0.15) is 0 Å². The number of allylic oxidation sites excluding steroid dienone is 1. The molecule has 0 aromatic rings. The number of amides is 1. The van der Waals surface area contributed by atoms with Gasteiger partial charge in [-0.05, 0) is 19.3 Å². The second-order valence-electron chi connectivity index (χ2n) is 16.5. The standard InChI is InChI=1S/C48H95NO3/c1-3-5-7-9-11-13-14-15-16-17-18-19-20-21-22-23-24-25-26-27-28-29-30-31-32-33-34-35-36-38-40-42-44-48(52)49-46(45-50)47(51)43-41-39-37-12-10-8-6-4-2/h41,43,46-47,50-51H,3-40,42,44-45H2,1-2H3,(H,49,52)/b43-41+. The Bertz CT molecular complexity index is 710. The Morgan fingerprint density at radius 1 is 0.442 bits per heavy atom. The number of aliphatic hydroxyl groups is 2. The Hall–Kier alpha value is -0.870. The van der Waals surface area contributed by atoms with Crippen molar-refractivity contribution in [1.29, 1.82) is 0 Å². The van der Waals surface area contributed by atoms with Crippen LogP contribution in [0, 0.1) is 0 Å². The van der Waals surface area contributed by atoms with E-state index < -0.39 is 12.1 Å². The summed E-state index contributed by atoms with van der Waals surface area (Å²) in [5.74, 6) is -0.0620. The normalized spacial score (nSPS) is 12.9. The smallest absolute Gasteiger partial charge is 0.220 e. The van der Waals surface area contributed by atoms with Crippen LogP contribution in [0.2, 0.25) is 0 Å².